The molecule has 0 aliphatic rings. The van der Waals surface area contributed by atoms with Crippen molar-refractivity contribution in [1.82, 2.24) is 15.6 Å². The van der Waals surface area contributed by atoms with Crippen molar-refractivity contribution in [3.8, 4) is 12.3 Å². The number of carbonyl (C=O) groups excluding carboxylic acids is 1. The van der Waals surface area contributed by atoms with Gasteiger partial charge in [0.1, 0.15) is 0 Å². The first-order valence-electron chi connectivity index (χ1n) is 5.04. The van der Waals surface area contributed by atoms with Crippen molar-refractivity contribution in [2.24, 2.45) is 0 Å². The van der Waals surface area contributed by atoms with Crippen molar-refractivity contribution in [2.75, 3.05) is 13.1 Å². The Bertz CT molecular complexity index is 386. The number of carbonyl (C=O) groups is 1. The third-order valence-corrected chi connectivity index (χ3v) is 2.71. The molecule has 0 fully saturated rings. The molecule has 0 unspecified atom stereocenters. The minimum Gasteiger partial charge on any atom is -0.345 e. The first-order chi connectivity index (χ1) is 7.72. The second kappa shape index (κ2) is 8.99. The van der Waals surface area contributed by atoms with Gasteiger partial charge >= 0.3 is 0 Å². The molecule has 4 nitrogen and oxygen atoms in total. The Labute approximate surface area is 112 Å². The molecule has 94 valence electrons. The fourth-order valence-electron chi connectivity index (χ4n) is 1.15. The third-order valence-electron chi connectivity index (χ3n) is 1.89. The summed E-state index contributed by atoms with van der Waals surface area (Å²) in [6.07, 6.45) is 5.46. The first-order valence-corrected chi connectivity index (χ1v) is 5.92. The number of terminal acetylenes is 1. The largest absolute Gasteiger partial charge is 0.345 e. The molecule has 1 aromatic heterocycles. The molecule has 0 spiro atoms. The van der Waals surface area contributed by atoms with E-state index in [0.717, 1.165) is 10.7 Å². The van der Waals surface area contributed by atoms with Gasteiger partial charge in [-0.3, -0.25) is 4.79 Å². The fraction of sp³-hybridized carbons (Fsp3) is 0.455. The van der Waals surface area contributed by atoms with E-state index in [0.29, 0.717) is 26.1 Å². The van der Waals surface area contributed by atoms with Gasteiger partial charge < -0.3 is 10.6 Å². The van der Waals surface area contributed by atoms with Crippen LogP contribution in [0.1, 0.15) is 17.1 Å². The number of thiazole rings is 1. The van der Waals surface area contributed by atoms with Crippen molar-refractivity contribution >= 4 is 29.7 Å². The van der Waals surface area contributed by atoms with Gasteiger partial charge in [-0.15, -0.1) is 30.2 Å². The van der Waals surface area contributed by atoms with E-state index in [9.17, 15) is 4.79 Å². The maximum absolute atomic E-state index is 11.2. The van der Waals surface area contributed by atoms with E-state index >= 15 is 0 Å². The molecule has 1 heterocycles. The van der Waals surface area contributed by atoms with Crippen LogP contribution >= 0.6 is 23.7 Å². The Kier molecular flexibility index (Phi) is 8.42. The van der Waals surface area contributed by atoms with E-state index in [1.165, 1.54) is 0 Å². The molecule has 2 N–H and O–H groups in total. The number of halogens is 1. The minimum absolute atomic E-state index is 0. The lowest BCUT2D eigenvalue weighted by Crippen LogP contribution is -2.27. The molecule has 0 saturated carbocycles. The van der Waals surface area contributed by atoms with Crippen LogP contribution in [0.15, 0.2) is 5.38 Å². The van der Waals surface area contributed by atoms with Gasteiger partial charge in [0, 0.05) is 24.9 Å². The van der Waals surface area contributed by atoms with Gasteiger partial charge in [0.05, 0.1) is 17.2 Å². The Morgan fingerprint density at radius 2 is 2.41 bits per heavy atom. The van der Waals surface area contributed by atoms with Crippen molar-refractivity contribution in [1.29, 1.82) is 0 Å². The molecule has 0 radical (unpaired) electrons. The molecule has 1 amide bonds. The summed E-state index contributed by atoms with van der Waals surface area (Å²) >= 11 is 1.63. The zero-order chi connectivity index (χ0) is 11.8. The van der Waals surface area contributed by atoms with Gasteiger partial charge in [0.25, 0.3) is 0 Å². The molecule has 6 heteroatoms. The van der Waals surface area contributed by atoms with Crippen LogP contribution in [0.2, 0.25) is 0 Å². The van der Waals surface area contributed by atoms with Crippen molar-refractivity contribution in [2.45, 2.75) is 19.9 Å². The average Bonchev–Trinajstić information content (AvgIpc) is 2.67. The van der Waals surface area contributed by atoms with Crippen molar-refractivity contribution in [3.63, 3.8) is 0 Å². The van der Waals surface area contributed by atoms with E-state index in [1.54, 1.807) is 11.3 Å². The summed E-state index contributed by atoms with van der Waals surface area (Å²) in [5.41, 5.74) is 1.02. The number of rotatable bonds is 6. The van der Waals surface area contributed by atoms with Crippen LogP contribution in [0, 0.1) is 19.3 Å². The molecular formula is C11H16ClN3OS. The Morgan fingerprint density at radius 3 is 3.00 bits per heavy atom. The average molecular weight is 274 g/mol. The molecule has 0 aliphatic carbocycles. The van der Waals surface area contributed by atoms with Gasteiger partial charge in [-0.1, -0.05) is 5.92 Å². The highest BCUT2D eigenvalue weighted by Gasteiger charge is 2.00. The van der Waals surface area contributed by atoms with Crippen LogP contribution in [0.3, 0.4) is 0 Å². The van der Waals surface area contributed by atoms with Crippen LogP contribution in [0.5, 0.6) is 0 Å². The molecule has 0 saturated heterocycles. The lowest BCUT2D eigenvalue weighted by atomic mass is 10.3. The zero-order valence-electron chi connectivity index (χ0n) is 9.66. The maximum Gasteiger partial charge on any atom is 0.222 e. The second-order valence-corrected chi connectivity index (χ2v) is 4.33. The quantitative estimate of drug-likeness (QED) is 0.603. The van der Waals surface area contributed by atoms with Crippen LogP contribution in [0.4, 0.5) is 0 Å². The maximum atomic E-state index is 11.2. The first kappa shape index (κ1) is 15.9. The standard InChI is InChI=1S/C11H15N3OS.ClH/c1-3-5-13-11(15)4-6-12-7-10-8-16-9(2)14-10;/h1,8,12H,4-7H2,2H3,(H,13,15);1H. The molecule has 0 aromatic carbocycles. The number of aryl methyl sites for hydroxylation is 1. The lowest BCUT2D eigenvalue weighted by molar-refractivity contribution is -0.120. The summed E-state index contributed by atoms with van der Waals surface area (Å²) in [5.74, 6) is 2.33. The van der Waals surface area contributed by atoms with E-state index in [-0.39, 0.29) is 18.3 Å². The molecular weight excluding hydrogens is 258 g/mol. The number of hydrogen-bond donors (Lipinski definition) is 2. The minimum atomic E-state index is -0.0279. The topological polar surface area (TPSA) is 54.0 Å². The van der Waals surface area contributed by atoms with E-state index in [1.807, 2.05) is 12.3 Å². The van der Waals surface area contributed by atoms with E-state index < -0.39 is 0 Å². The number of amides is 1. The summed E-state index contributed by atoms with van der Waals surface area (Å²) < 4.78 is 0. The molecule has 1 rings (SSSR count). The lowest BCUT2D eigenvalue weighted by Gasteiger charge is -2.02. The normalized spacial score (nSPS) is 9.18. The number of aromatic nitrogens is 1. The Hall–Kier alpha value is -1.09. The Balaban J connectivity index is 0.00000256. The number of nitrogens with zero attached hydrogens (tertiary/aromatic N) is 1. The number of hydrogen-bond acceptors (Lipinski definition) is 4. The Morgan fingerprint density at radius 1 is 1.65 bits per heavy atom. The van der Waals surface area contributed by atoms with Crippen LogP contribution in [0.25, 0.3) is 0 Å². The molecule has 1 aromatic rings. The molecule has 0 atom stereocenters. The smallest absolute Gasteiger partial charge is 0.222 e. The highest BCUT2D eigenvalue weighted by atomic mass is 35.5. The van der Waals surface area contributed by atoms with Crippen molar-refractivity contribution < 1.29 is 4.79 Å². The third kappa shape index (κ3) is 6.95. The van der Waals surface area contributed by atoms with Crippen LogP contribution in [-0.2, 0) is 11.3 Å². The van der Waals surface area contributed by atoms with Crippen LogP contribution in [-0.4, -0.2) is 24.0 Å². The van der Waals surface area contributed by atoms with Crippen LogP contribution < -0.4 is 10.6 Å². The fourth-order valence-corrected chi connectivity index (χ4v) is 1.76. The molecule has 0 aliphatic heterocycles. The highest BCUT2D eigenvalue weighted by molar-refractivity contribution is 7.09. The van der Waals surface area contributed by atoms with Crippen molar-refractivity contribution in [3.05, 3.63) is 16.1 Å². The van der Waals surface area contributed by atoms with E-state index in [2.05, 4.69) is 21.5 Å². The predicted octanol–water partition coefficient (Wildman–Crippen LogP) is 1.10. The summed E-state index contributed by atoms with van der Waals surface area (Å²) in [7, 11) is 0. The van der Waals surface area contributed by atoms with Gasteiger partial charge in [-0.25, -0.2) is 4.98 Å². The summed E-state index contributed by atoms with van der Waals surface area (Å²) in [4.78, 5) is 15.5. The van der Waals surface area contributed by atoms with E-state index in [4.69, 9.17) is 6.42 Å². The molecule has 0 bridgehead atoms. The SMILES string of the molecule is C#CCNC(=O)CCNCc1csc(C)n1.Cl. The second-order valence-electron chi connectivity index (χ2n) is 3.27. The van der Waals surface area contributed by atoms with Gasteiger partial charge in [-0.05, 0) is 6.92 Å². The predicted molar refractivity (Wildman–Crippen MR) is 72.3 cm³/mol. The summed E-state index contributed by atoms with van der Waals surface area (Å²) in [6.45, 7) is 3.60. The summed E-state index contributed by atoms with van der Waals surface area (Å²) in [6, 6.07) is 0. The summed E-state index contributed by atoms with van der Waals surface area (Å²) in [5, 5.41) is 8.83. The molecule has 17 heavy (non-hydrogen) atoms. The zero-order valence-corrected chi connectivity index (χ0v) is 11.3. The van der Waals surface area contributed by atoms with Gasteiger partial charge in [-0.2, -0.15) is 0 Å². The highest BCUT2D eigenvalue weighted by Crippen LogP contribution is 2.06. The monoisotopic (exact) mass is 273 g/mol. The van der Waals surface area contributed by atoms with Gasteiger partial charge in [0.2, 0.25) is 5.91 Å². The van der Waals surface area contributed by atoms with Gasteiger partial charge in [0.15, 0.2) is 0 Å². The number of nitrogens with one attached hydrogen (secondary N) is 2.